The van der Waals surface area contributed by atoms with Gasteiger partial charge < -0.3 is 19.8 Å². The molecule has 0 saturated carbocycles. The number of aliphatic hydroxyl groups is 1. The molecule has 2 N–H and O–H groups in total. The van der Waals surface area contributed by atoms with Crippen LogP contribution in [0.2, 0.25) is 0 Å². The number of carbonyl (C=O) groups is 2. The van der Waals surface area contributed by atoms with E-state index in [1.807, 2.05) is 0 Å². The molecule has 0 spiro atoms. The van der Waals surface area contributed by atoms with Gasteiger partial charge in [-0.25, -0.2) is 4.79 Å². The van der Waals surface area contributed by atoms with Gasteiger partial charge in [0.25, 0.3) is 0 Å². The minimum atomic E-state index is -1.06. The highest BCUT2D eigenvalue weighted by Crippen LogP contribution is 2.32. The molecule has 1 aromatic rings. The number of methoxy groups -OCH3 is 1. The van der Waals surface area contributed by atoms with Gasteiger partial charge >= 0.3 is 5.97 Å². The highest BCUT2D eigenvalue weighted by atomic mass is 16.5. The van der Waals surface area contributed by atoms with Gasteiger partial charge in [0.15, 0.2) is 0 Å². The summed E-state index contributed by atoms with van der Waals surface area (Å²) >= 11 is 0. The zero-order valence-corrected chi connectivity index (χ0v) is 9.79. The quantitative estimate of drug-likeness (QED) is 0.816. The molecule has 1 amide bonds. The normalized spacial score (nSPS) is 19.1. The first-order chi connectivity index (χ1) is 8.52. The molecule has 1 unspecified atom stereocenters. The van der Waals surface area contributed by atoms with Crippen molar-refractivity contribution in [1.82, 2.24) is 0 Å². The van der Waals surface area contributed by atoms with Crippen LogP contribution in [0.3, 0.4) is 0 Å². The molecule has 18 heavy (non-hydrogen) atoms. The molecule has 0 bridgehead atoms. The summed E-state index contributed by atoms with van der Waals surface area (Å²) in [6.45, 7) is 0.196. The van der Waals surface area contributed by atoms with Crippen molar-refractivity contribution in [3.05, 3.63) is 23.8 Å². The number of rotatable bonds is 3. The summed E-state index contributed by atoms with van der Waals surface area (Å²) in [6, 6.07) is 4.27. The van der Waals surface area contributed by atoms with E-state index >= 15 is 0 Å². The molecule has 6 nitrogen and oxygen atoms in total. The first kappa shape index (κ1) is 12.4. The molecule has 6 heteroatoms. The van der Waals surface area contributed by atoms with Gasteiger partial charge in [-0.15, -0.1) is 0 Å². The number of aromatic carboxylic acids is 1. The Labute approximate surface area is 103 Å². The number of benzene rings is 1. The van der Waals surface area contributed by atoms with Crippen molar-refractivity contribution < 1.29 is 24.5 Å². The number of hydrogen-bond donors (Lipinski definition) is 2. The van der Waals surface area contributed by atoms with Crippen molar-refractivity contribution in [3.63, 3.8) is 0 Å². The van der Waals surface area contributed by atoms with E-state index in [0.29, 0.717) is 11.4 Å². The van der Waals surface area contributed by atoms with E-state index in [4.69, 9.17) is 9.84 Å². The minimum Gasteiger partial charge on any atom is -0.495 e. The van der Waals surface area contributed by atoms with E-state index in [2.05, 4.69) is 0 Å². The summed E-state index contributed by atoms with van der Waals surface area (Å²) in [5, 5.41) is 18.3. The van der Waals surface area contributed by atoms with Crippen molar-refractivity contribution in [1.29, 1.82) is 0 Å². The van der Waals surface area contributed by atoms with Crippen LogP contribution in [0.25, 0.3) is 0 Å². The molecule has 0 aliphatic carbocycles. The first-order valence-electron chi connectivity index (χ1n) is 5.42. The van der Waals surface area contributed by atoms with Crippen LogP contribution in [0, 0.1) is 0 Å². The van der Waals surface area contributed by atoms with Gasteiger partial charge in [0.05, 0.1) is 37.4 Å². The van der Waals surface area contributed by atoms with Crippen LogP contribution >= 0.6 is 0 Å². The third-order valence-electron chi connectivity index (χ3n) is 2.82. The van der Waals surface area contributed by atoms with Crippen molar-refractivity contribution in [2.45, 2.75) is 12.5 Å². The summed E-state index contributed by atoms with van der Waals surface area (Å²) in [6.07, 6.45) is -0.620. The number of hydrogen-bond acceptors (Lipinski definition) is 4. The molecule has 1 atom stereocenters. The van der Waals surface area contributed by atoms with Crippen LogP contribution in [0.4, 0.5) is 5.69 Å². The van der Waals surface area contributed by atoms with Crippen molar-refractivity contribution in [2.24, 2.45) is 0 Å². The first-order valence-corrected chi connectivity index (χ1v) is 5.42. The molecular weight excluding hydrogens is 238 g/mol. The summed E-state index contributed by atoms with van der Waals surface area (Å²) in [5.74, 6) is -0.964. The average Bonchev–Trinajstić information content (AvgIpc) is 2.67. The minimum absolute atomic E-state index is 0.0733. The molecular formula is C12H13NO5. The van der Waals surface area contributed by atoms with Crippen LogP contribution in [0.5, 0.6) is 5.75 Å². The maximum Gasteiger partial charge on any atom is 0.335 e. The lowest BCUT2D eigenvalue weighted by atomic mass is 10.2. The number of nitrogens with zero attached hydrogens (tertiary/aromatic N) is 1. The molecule has 96 valence electrons. The van der Waals surface area contributed by atoms with Crippen molar-refractivity contribution >= 4 is 17.6 Å². The van der Waals surface area contributed by atoms with Gasteiger partial charge in [0, 0.05) is 0 Å². The second-order valence-corrected chi connectivity index (χ2v) is 4.05. The fourth-order valence-electron chi connectivity index (χ4n) is 1.96. The number of aliphatic hydroxyl groups excluding tert-OH is 1. The van der Waals surface area contributed by atoms with Gasteiger partial charge in [0.1, 0.15) is 5.75 Å². The van der Waals surface area contributed by atoms with E-state index in [9.17, 15) is 14.7 Å². The van der Waals surface area contributed by atoms with E-state index in [1.165, 1.54) is 30.2 Å². The molecule has 1 aromatic carbocycles. The third-order valence-corrected chi connectivity index (χ3v) is 2.82. The Morgan fingerprint density at radius 1 is 1.50 bits per heavy atom. The lowest BCUT2D eigenvalue weighted by Crippen LogP contribution is -2.25. The smallest absolute Gasteiger partial charge is 0.335 e. The summed E-state index contributed by atoms with van der Waals surface area (Å²) in [5.41, 5.74) is 0.562. The van der Waals surface area contributed by atoms with Gasteiger partial charge in [-0.3, -0.25) is 4.79 Å². The number of carboxylic acid groups (broad SMARTS) is 1. The van der Waals surface area contributed by atoms with Crippen molar-refractivity contribution in [2.75, 3.05) is 18.6 Å². The van der Waals surface area contributed by atoms with Crippen LogP contribution in [0.15, 0.2) is 18.2 Å². The Morgan fingerprint density at radius 2 is 2.22 bits per heavy atom. The second-order valence-electron chi connectivity index (χ2n) is 4.05. The Morgan fingerprint density at radius 3 is 2.72 bits per heavy atom. The molecule has 1 heterocycles. The zero-order chi connectivity index (χ0) is 13.3. The summed E-state index contributed by atoms with van der Waals surface area (Å²) in [4.78, 5) is 23.9. The van der Waals surface area contributed by atoms with Crippen LogP contribution in [-0.2, 0) is 4.79 Å². The van der Waals surface area contributed by atoms with E-state index in [0.717, 1.165) is 0 Å². The standard InChI is InChI=1S/C12H13NO5/c1-18-10-4-7(12(16)17)2-3-9(10)13-6-8(14)5-11(13)15/h2-4,8,14H,5-6H2,1H3,(H,16,17). The van der Waals surface area contributed by atoms with E-state index in [1.54, 1.807) is 0 Å². The molecule has 1 aliphatic rings. The molecule has 1 saturated heterocycles. The van der Waals surface area contributed by atoms with Crippen LogP contribution in [0.1, 0.15) is 16.8 Å². The molecule has 1 fully saturated rings. The van der Waals surface area contributed by atoms with Gasteiger partial charge in [-0.1, -0.05) is 0 Å². The Kier molecular flexibility index (Phi) is 3.20. The highest BCUT2D eigenvalue weighted by Gasteiger charge is 2.31. The fourth-order valence-corrected chi connectivity index (χ4v) is 1.96. The van der Waals surface area contributed by atoms with Crippen LogP contribution < -0.4 is 9.64 Å². The third kappa shape index (κ3) is 2.14. The van der Waals surface area contributed by atoms with E-state index < -0.39 is 12.1 Å². The maximum atomic E-state index is 11.7. The van der Waals surface area contributed by atoms with E-state index in [-0.39, 0.29) is 24.4 Å². The Balaban J connectivity index is 2.39. The fraction of sp³-hybridized carbons (Fsp3) is 0.333. The summed E-state index contributed by atoms with van der Waals surface area (Å²) < 4.78 is 5.09. The van der Waals surface area contributed by atoms with Gasteiger partial charge in [-0.2, -0.15) is 0 Å². The summed E-state index contributed by atoms with van der Waals surface area (Å²) in [7, 11) is 1.40. The molecule has 0 radical (unpaired) electrons. The Bertz CT molecular complexity index is 499. The number of amides is 1. The van der Waals surface area contributed by atoms with Crippen molar-refractivity contribution in [3.8, 4) is 5.75 Å². The highest BCUT2D eigenvalue weighted by molar-refractivity contribution is 5.98. The van der Waals surface area contributed by atoms with Crippen LogP contribution in [-0.4, -0.2) is 41.8 Å². The number of β-amino-alcohol motifs (C(OH)–C–C–N with tert-alkyl or cyclic N) is 1. The predicted molar refractivity (Wildman–Crippen MR) is 62.9 cm³/mol. The number of carbonyl (C=O) groups excluding carboxylic acids is 1. The Hall–Kier alpha value is -2.08. The van der Waals surface area contributed by atoms with Gasteiger partial charge in [-0.05, 0) is 18.2 Å². The lowest BCUT2D eigenvalue weighted by Gasteiger charge is -2.19. The molecule has 1 aliphatic heterocycles. The molecule has 0 aromatic heterocycles. The number of carboxylic acids is 1. The predicted octanol–water partition coefficient (Wildman–Crippen LogP) is 0.491. The largest absolute Gasteiger partial charge is 0.495 e. The SMILES string of the molecule is COc1cc(C(=O)O)ccc1N1CC(O)CC1=O. The second kappa shape index (κ2) is 4.66. The number of anilines is 1. The topological polar surface area (TPSA) is 87.1 Å². The maximum absolute atomic E-state index is 11.7. The van der Waals surface area contributed by atoms with Gasteiger partial charge in [0.2, 0.25) is 5.91 Å². The lowest BCUT2D eigenvalue weighted by molar-refractivity contribution is -0.117. The molecule has 2 rings (SSSR count). The number of ether oxygens (including phenoxy) is 1. The zero-order valence-electron chi connectivity index (χ0n) is 9.79. The monoisotopic (exact) mass is 251 g/mol. The average molecular weight is 251 g/mol.